The van der Waals surface area contributed by atoms with Crippen molar-refractivity contribution >= 4 is 29.1 Å². The zero-order valence-electron chi connectivity index (χ0n) is 12.6. The van der Waals surface area contributed by atoms with E-state index in [1.54, 1.807) is 17.5 Å². The number of hydrogen-bond donors (Lipinski definition) is 3. The molecular formula is C15H20N2O4S. The number of carboxylic acids is 1. The number of aliphatic carboxylic acids is 1. The Kier molecular flexibility index (Phi) is 4.85. The first-order valence-corrected chi connectivity index (χ1v) is 8.09. The van der Waals surface area contributed by atoms with Gasteiger partial charge in [-0.1, -0.05) is 19.9 Å². The second-order valence-electron chi connectivity index (χ2n) is 5.98. The summed E-state index contributed by atoms with van der Waals surface area (Å²) < 4.78 is 0. The molecule has 3 N–H and O–H groups in total. The van der Waals surface area contributed by atoms with Crippen molar-refractivity contribution in [1.29, 1.82) is 0 Å². The standard InChI is InChI=1S/C15H20N2O4S/c1-9(2)11(17-12(18)10-4-3-7-22-10)13(19)16-8-15(5-6-15)14(20)21/h3-4,7,9,11H,5-6,8H2,1-2H3,(H,16,19)(H,17,18)(H,20,21). The summed E-state index contributed by atoms with van der Waals surface area (Å²) in [4.78, 5) is 36.0. The molecule has 2 amide bonds. The smallest absolute Gasteiger partial charge is 0.311 e. The van der Waals surface area contributed by atoms with E-state index in [0.717, 1.165) is 0 Å². The zero-order chi connectivity index (χ0) is 16.3. The number of amides is 2. The Labute approximate surface area is 132 Å². The van der Waals surface area contributed by atoms with Crippen LogP contribution in [0.1, 0.15) is 36.4 Å². The number of thiophene rings is 1. The van der Waals surface area contributed by atoms with Crippen molar-refractivity contribution in [1.82, 2.24) is 10.6 Å². The van der Waals surface area contributed by atoms with E-state index in [4.69, 9.17) is 5.11 Å². The summed E-state index contributed by atoms with van der Waals surface area (Å²) in [5.41, 5.74) is -0.811. The zero-order valence-corrected chi connectivity index (χ0v) is 13.4. The van der Waals surface area contributed by atoms with Crippen molar-refractivity contribution < 1.29 is 19.5 Å². The van der Waals surface area contributed by atoms with Crippen molar-refractivity contribution in [2.24, 2.45) is 11.3 Å². The van der Waals surface area contributed by atoms with Gasteiger partial charge in [-0.15, -0.1) is 11.3 Å². The first kappa shape index (κ1) is 16.5. The van der Waals surface area contributed by atoms with Crippen LogP contribution in [0.15, 0.2) is 17.5 Å². The molecule has 1 aliphatic carbocycles. The Hall–Kier alpha value is -1.89. The molecule has 1 aromatic heterocycles. The maximum absolute atomic E-state index is 12.3. The van der Waals surface area contributed by atoms with Crippen LogP contribution in [0.5, 0.6) is 0 Å². The molecule has 7 heteroatoms. The number of rotatable bonds is 7. The lowest BCUT2D eigenvalue weighted by molar-refractivity contribution is -0.143. The van der Waals surface area contributed by atoms with Crippen LogP contribution in [-0.4, -0.2) is 35.5 Å². The topological polar surface area (TPSA) is 95.5 Å². The fourth-order valence-electron chi connectivity index (χ4n) is 2.14. The van der Waals surface area contributed by atoms with Gasteiger partial charge in [0, 0.05) is 6.54 Å². The summed E-state index contributed by atoms with van der Waals surface area (Å²) in [6.07, 6.45) is 1.16. The molecule has 0 aromatic carbocycles. The van der Waals surface area contributed by atoms with E-state index in [-0.39, 0.29) is 24.3 Å². The second kappa shape index (κ2) is 6.48. The summed E-state index contributed by atoms with van der Waals surface area (Å²) in [5.74, 6) is -1.60. The molecule has 1 atom stereocenters. The van der Waals surface area contributed by atoms with E-state index in [1.165, 1.54) is 11.3 Å². The van der Waals surface area contributed by atoms with E-state index in [9.17, 15) is 14.4 Å². The van der Waals surface area contributed by atoms with Gasteiger partial charge in [-0.05, 0) is 30.2 Å². The van der Waals surface area contributed by atoms with E-state index in [0.29, 0.717) is 17.7 Å². The first-order valence-electron chi connectivity index (χ1n) is 7.21. The van der Waals surface area contributed by atoms with Crippen molar-refractivity contribution in [2.45, 2.75) is 32.7 Å². The van der Waals surface area contributed by atoms with E-state index in [2.05, 4.69) is 10.6 Å². The molecular weight excluding hydrogens is 304 g/mol. The fraction of sp³-hybridized carbons (Fsp3) is 0.533. The molecule has 1 aliphatic rings. The lowest BCUT2D eigenvalue weighted by atomic mass is 10.0. The Morgan fingerprint density at radius 3 is 2.50 bits per heavy atom. The maximum Gasteiger partial charge on any atom is 0.311 e. The molecule has 1 saturated carbocycles. The highest BCUT2D eigenvalue weighted by atomic mass is 32.1. The molecule has 1 fully saturated rings. The van der Waals surface area contributed by atoms with Gasteiger partial charge >= 0.3 is 5.97 Å². The molecule has 1 heterocycles. The van der Waals surface area contributed by atoms with Crippen molar-refractivity contribution in [3.8, 4) is 0 Å². The van der Waals surface area contributed by atoms with E-state index >= 15 is 0 Å². The van der Waals surface area contributed by atoms with Crippen molar-refractivity contribution in [2.75, 3.05) is 6.54 Å². The molecule has 0 bridgehead atoms. The van der Waals surface area contributed by atoms with Crippen LogP contribution in [0.4, 0.5) is 0 Å². The Morgan fingerprint density at radius 1 is 1.36 bits per heavy atom. The summed E-state index contributed by atoms with van der Waals surface area (Å²) in [5, 5.41) is 16.3. The quantitative estimate of drug-likeness (QED) is 0.708. The number of nitrogens with one attached hydrogen (secondary N) is 2. The summed E-state index contributed by atoms with van der Waals surface area (Å²) in [7, 11) is 0. The summed E-state index contributed by atoms with van der Waals surface area (Å²) in [6, 6.07) is 2.78. The lowest BCUT2D eigenvalue weighted by Crippen LogP contribution is -2.51. The average Bonchev–Trinajstić information content (AvgIpc) is 3.06. The fourth-order valence-corrected chi connectivity index (χ4v) is 2.77. The Balaban J connectivity index is 1.94. The van der Waals surface area contributed by atoms with E-state index < -0.39 is 17.4 Å². The van der Waals surface area contributed by atoms with Crippen LogP contribution in [-0.2, 0) is 9.59 Å². The Morgan fingerprint density at radius 2 is 2.05 bits per heavy atom. The van der Waals surface area contributed by atoms with Gasteiger partial charge < -0.3 is 15.7 Å². The average molecular weight is 324 g/mol. The van der Waals surface area contributed by atoms with Gasteiger partial charge in [0.1, 0.15) is 6.04 Å². The number of carbonyl (C=O) groups excluding carboxylic acids is 2. The molecule has 0 saturated heterocycles. The lowest BCUT2D eigenvalue weighted by Gasteiger charge is -2.22. The molecule has 1 unspecified atom stereocenters. The third-order valence-electron chi connectivity index (χ3n) is 3.89. The number of carbonyl (C=O) groups is 3. The molecule has 0 spiro atoms. The van der Waals surface area contributed by atoms with Crippen LogP contribution in [0.25, 0.3) is 0 Å². The molecule has 120 valence electrons. The van der Waals surface area contributed by atoms with Crippen LogP contribution in [0.2, 0.25) is 0 Å². The second-order valence-corrected chi connectivity index (χ2v) is 6.92. The highest BCUT2D eigenvalue weighted by molar-refractivity contribution is 7.12. The van der Waals surface area contributed by atoms with Gasteiger partial charge in [0.05, 0.1) is 10.3 Å². The molecule has 6 nitrogen and oxygen atoms in total. The third-order valence-corrected chi connectivity index (χ3v) is 4.76. The van der Waals surface area contributed by atoms with E-state index in [1.807, 2.05) is 13.8 Å². The van der Waals surface area contributed by atoms with Crippen LogP contribution in [0.3, 0.4) is 0 Å². The Bertz CT molecular complexity index is 564. The van der Waals surface area contributed by atoms with Gasteiger partial charge in [-0.25, -0.2) is 0 Å². The summed E-state index contributed by atoms with van der Waals surface area (Å²) in [6.45, 7) is 3.78. The predicted octanol–water partition coefficient (Wildman–Crippen LogP) is 1.48. The molecule has 2 rings (SSSR count). The highest BCUT2D eigenvalue weighted by Gasteiger charge is 2.50. The molecule has 1 aromatic rings. The minimum Gasteiger partial charge on any atom is -0.481 e. The van der Waals surface area contributed by atoms with Crippen molar-refractivity contribution in [3.63, 3.8) is 0 Å². The highest BCUT2D eigenvalue weighted by Crippen LogP contribution is 2.45. The van der Waals surface area contributed by atoms with Gasteiger partial charge in [0.15, 0.2) is 0 Å². The van der Waals surface area contributed by atoms with Crippen molar-refractivity contribution in [3.05, 3.63) is 22.4 Å². The molecule has 22 heavy (non-hydrogen) atoms. The van der Waals surface area contributed by atoms with Crippen LogP contribution >= 0.6 is 11.3 Å². The number of hydrogen-bond acceptors (Lipinski definition) is 4. The predicted molar refractivity (Wildman–Crippen MR) is 82.7 cm³/mol. The SMILES string of the molecule is CC(C)C(NC(=O)c1cccs1)C(=O)NCC1(C(=O)O)CC1. The van der Waals surface area contributed by atoms with Crippen LogP contribution in [0, 0.1) is 11.3 Å². The van der Waals surface area contributed by atoms with Gasteiger partial charge in [0.25, 0.3) is 5.91 Å². The van der Waals surface area contributed by atoms with Gasteiger partial charge in [-0.3, -0.25) is 14.4 Å². The normalized spacial score (nSPS) is 16.9. The first-order chi connectivity index (χ1) is 10.4. The van der Waals surface area contributed by atoms with Gasteiger partial charge in [-0.2, -0.15) is 0 Å². The largest absolute Gasteiger partial charge is 0.481 e. The minimum absolute atomic E-state index is 0.0936. The monoisotopic (exact) mass is 324 g/mol. The third kappa shape index (κ3) is 3.65. The van der Waals surface area contributed by atoms with Gasteiger partial charge in [0.2, 0.25) is 5.91 Å². The summed E-state index contributed by atoms with van der Waals surface area (Å²) >= 11 is 1.31. The molecule has 0 radical (unpaired) electrons. The number of carboxylic acid groups (broad SMARTS) is 1. The minimum atomic E-state index is -0.878. The molecule has 0 aliphatic heterocycles. The van der Waals surface area contributed by atoms with Crippen LogP contribution < -0.4 is 10.6 Å². The maximum atomic E-state index is 12.3.